The SMILES string of the molecule is CC(=O)N1CC[NH+]([C@H](C)C(=O)NC(=O)NC2CCCCC2)CC1. The van der Waals surface area contributed by atoms with Crippen molar-refractivity contribution in [2.24, 2.45) is 0 Å². The number of piperazine rings is 1. The lowest BCUT2D eigenvalue weighted by atomic mass is 9.96. The molecule has 0 aromatic heterocycles. The Bertz CT molecular complexity index is 441. The average Bonchev–Trinajstić information content (AvgIpc) is 2.55. The van der Waals surface area contributed by atoms with Crippen molar-refractivity contribution in [3.8, 4) is 0 Å². The topological polar surface area (TPSA) is 83.0 Å². The fourth-order valence-electron chi connectivity index (χ4n) is 3.42. The molecule has 7 nitrogen and oxygen atoms in total. The van der Waals surface area contributed by atoms with Crippen LogP contribution >= 0.6 is 0 Å². The molecular formula is C16H29N4O3+. The summed E-state index contributed by atoms with van der Waals surface area (Å²) in [5, 5.41) is 5.36. The second-order valence-electron chi connectivity index (χ2n) is 6.68. The number of nitrogens with one attached hydrogen (secondary N) is 3. The van der Waals surface area contributed by atoms with Crippen LogP contribution in [0.2, 0.25) is 0 Å². The van der Waals surface area contributed by atoms with Gasteiger partial charge in [-0.05, 0) is 19.8 Å². The Morgan fingerprint density at radius 3 is 2.26 bits per heavy atom. The molecule has 0 unspecified atom stereocenters. The van der Waals surface area contributed by atoms with Crippen LogP contribution in [0.3, 0.4) is 0 Å². The van der Waals surface area contributed by atoms with Crippen molar-refractivity contribution in [2.45, 2.75) is 58.0 Å². The van der Waals surface area contributed by atoms with E-state index < -0.39 is 0 Å². The smallest absolute Gasteiger partial charge is 0.321 e. The predicted molar refractivity (Wildman–Crippen MR) is 86.0 cm³/mol. The Morgan fingerprint density at radius 2 is 1.70 bits per heavy atom. The Labute approximate surface area is 137 Å². The molecule has 2 fully saturated rings. The molecule has 1 aliphatic heterocycles. The number of carbonyl (C=O) groups excluding carboxylic acids is 3. The molecule has 4 amide bonds. The summed E-state index contributed by atoms with van der Waals surface area (Å²) in [4.78, 5) is 38.4. The van der Waals surface area contributed by atoms with Crippen LogP contribution in [-0.2, 0) is 9.59 Å². The molecule has 0 spiro atoms. The monoisotopic (exact) mass is 325 g/mol. The lowest BCUT2D eigenvalue weighted by Crippen LogP contribution is -3.19. The van der Waals surface area contributed by atoms with E-state index in [1.807, 2.05) is 6.92 Å². The number of urea groups is 1. The summed E-state index contributed by atoms with van der Waals surface area (Å²) in [7, 11) is 0. The summed E-state index contributed by atoms with van der Waals surface area (Å²) in [5.41, 5.74) is 0. The van der Waals surface area contributed by atoms with Crippen molar-refractivity contribution in [3.63, 3.8) is 0 Å². The Kier molecular flexibility index (Phi) is 6.38. The third-order valence-corrected chi connectivity index (χ3v) is 5.03. The summed E-state index contributed by atoms with van der Waals surface area (Å²) in [6.45, 7) is 6.20. The Balaban J connectivity index is 1.74. The van der Waals surface area contributed by atoms with Crippen LogP contribution in [0.25, 0.3) is 0 Å². The number of quaternary nitrogens is 1. The molecule has 0 aromatic carbocycles. The van der Waals surface area contributed by atoms with Crippen LogP contribution in [0.15, 0.2) is 0 Å². The van der Waals surface area contributed by atoms with Gasteiger partial charge in [0.15, 0.2) is 6.04 Å². The van der Waals surface area contributed by atoms with Crippen molar-refractivity contribution < 1.29 is 19.3 Å². The van der Waals surface area contributed by atoms with Gasteiger partial charge in [-0.25, -0.2) is 4.79 Å². The number of hydrogen-bond acceptors (Lipinski definition) is 3. The van der Waals surface area contributed by atoms with Crippen LogP contribution < -0.4 is 15.5 Å². The van der Waals surface area contributed by atoms with E-state index in [4.69, 9.17) is 0 Å². The van der Waals surface area contributed by atoms with Gasteiger partial charge in [0.25, 0.3) is 5.91 Å². The lowest BCUT2D eigenvalue weighted by molar-refractivity contribution is -0.917. The predicted octanol–water partition coefficient (Wildman–Crippen LogP) is -0.720. The zero-order chi connectivity index (χ0) is 16.8. The molecule has 0 radical (unpaired) electrons. The molecule has 130 valence electrons. The summed E-state index contributed by atoms with van der Waals surface area (Å²) in [6, 6.07) is -0.477. The molecular weight excluding hydrogens is 296 g/mol. The molecule has 0 bridgehead atoms. The highest BCUT2D eigenvalue weighted by atomic mass is 16.2. The second-order valence-corrected chi connectivity index (χ2v) is 6.68. The summed E-state index contributed by atoms with van der Waals surface area (Å²) >= 11 is 0. The van der Waals surface area contributed by atoms with Crippen LogP contribution in [-0.4, -0.2) is 61.0 Å². The van der Waals surface area contributed by atoms with Gasteiger partial charge in [-0.15, -0.1) is 0 Å². The molecule has 2 aliphatic rings. The highest BCUT2D eigenvalue weighted by Gasteiger charge is 2.31. The van der Waals surface area contributed by atoms with Crippen molar-refractivity contribution in [1.82, 2.24) is 15.5 Å². The third-order valence-electron chi connectivity index (χ3n) is 5.03. The minimum absolute atomic E-state index is 0.0769. The first-order chi connectivity index (χ1) is 11.0. The largest absolute Gasteiger partial charge is 0.335 e. The van der Waals surface area contributed by atoms with Gasteiger partial charge in [-0.2, -0.15) is 0 Å². The number of hydrogen-bond donors (Lipinski definition) is 3. The minimum Gasteiger partial charge on any atom is -0.335 e. The van der Waals surface area contributed by atoms with Gasteiger partial charge in [-0.1, -0.05) is 19.3 Å². The van der Waals surface area contributed by atoms with E-state index in [9.17, 15) is 14.4 Å². The first kappa shape index (κ1) is 17.7. The number of amides is 4. The van der Waals surface area contributed by atoms with E-state index in [-0.39, 0.29) is 29.9 Å². The van der Waals surface area contributed by atoms with E-state index in [2.05, 4.69) is 10.6 Å². The molecule has 0 aromatic rings. The van der Waals surface area contributed by atoms with Gasteiger partial charge in [0.2, 0.25) is 5.91 Å². The fourth-order valence-corrected chi connectivity index (χ4v) is 3.42. The van der Waals surface area contributed by atoms with Gasteiger partial charge < -0.3 is 15.1 Å². The van der Waals surface area contributed by atoms with Crippen molar-refractivity contribution >= 4 is 17.8 Å². The maximum absolute atomic E-state index is 12.2. The average molecular weight is 325 g/mol. The molecule has 1 saturated heterocycles. The third kappa shape index (κ3) is 5.20. The van der Waals surface area contributed by atoms with Crippen LogP contribution in [0.5, 0.6) is 0 Å². The standard InChI is InChI=1S/C16H28N4O3/c1-12(19-8-10-20(11-9-19)13(2)21)15(22)18-16(23)17-14-6-4-3-5-7-14/h12,14H,3-11H2,1-2H3,(H2,17,18,22,23)/p+1/t12-/m1/s1. The van der Waals surface area contributed by atoms with Crippen LogP contribution in [0.4, 0.5) is 4.79 Å². The maximum atomic E-state index is 12.2. The highest BCUT2D eigenvalue weighted by Crippen LogP contribution is 2.17. The fraction of sp³-hybridized carbons (Fsp3) is 0.812. The summed E-state index contributed by atoms with van der Waals surface area (Å²) < 4.78 is 0. The molecule has 1 atom stereocenters. The van der Waals surface area contributed by atoms with Gasteiger partial charge in [0.1, 0.15) is 0 Å². The quantitative estimate of drug-likeness (QED) is 0.640. The van der Waals surface area contributed by atoms with E-state index in [1.54, 1.807) is 11.8 Å². The van der Waals surface area contributed by atoms with E-state index >= 15 is 0 Å². The lowest BCUT2D eigenvalue weighted by Gasteiger charge is -2.34. The summed E-state index contributed by atoms with van der Waals surface area (Å²) in [5.74, 6) is -0.169. The Morgan fingerprint density at radius 1 is 1.09 bits per heavy atom. The van der Waals surface area contributed by atoms with Crippen molar-refractivity contribution in [2.75, 3.05) is 26.2 Å². The maximum Gasteiger partial charge on any atom is 0.321 e. The van der Waals surface area contributed by atoms with Gasteiger partial charge in [0.05, 0.1) is 26.2 Å². The van der Waals surface area contributed by atoms with Crippen LogP contribution in [0, 0.1) is 0 Å². The highest BCUT2D eigenvalue weighted by molar-refractivity contribution is 5.96. The number of nitrogens with zero attached hydrogens (tertiary/aromatic N) is 1. The van der Waals surface area contributed by atoms with Crippen molar-refractivity contribution in [1.29, 1.82) is 0 Å². The molecule has 23 heavy (non-hydrogen) atoms. The van der Waals surface area contributed by atoms with Gasteiger partial charge in [0, 0.05) is 13.0 Å². The van der Waals surface area contributed by atoms with E-state index in [0.717, 1.165) is 43.7 Å². The molecule has 1 saturated carbocycles. The first-order valence-corrected chi connectivity index (χ1v) is 8.69. The van der Waals surface area contributed by atoms with Crippen LogP contribution in [0.1, 0.15) is 46.0 Å². The van der Waals surface area contributed by atoms with Crippen molar-refractivity contribution in [3.05, 3.63) is 0 Å². The van der Waals surface area contributed by atoms with E-state index in [0.29, 0.717) is 13.1 Å². The van der Waals surface area contributed by atoms with Gasteiger partial charge >= 0.3 is 6.03 Å². The Hall–Kier alpha value is -1.63. The molecule has 1 heterocycles. The van der Waals surface area contributed by atoms with Gasteiger partial charge in [-0.3, -0.25) is 14.9 Å². The molecule has 1 aliphatic carbocycles. The molecule has 3 N–H and O–H groups in total. The normalized spacial score (nSPS) is 21.6. The summed E-state index contributed by atoms with van der Waals surface area (Å²) in [6.07, 6.45) is 5.50. The number of rotatable bonds is 3. The zero-order valence-corrected chi connectivity index (χ0v) is 14.2. The number of imide groups is 1. The zero-order valence-electron chi connectivity index (χ0n) is 14.2. The molecule has 7 heteroatoms. The minimum atomic E-state index is -0.379. The second kappa shape index (κ2) is 8.29. The molecule has 2 rings (SSSR count). The first-order valence-electron chi connectivity index (χ1n) is 8.69. The van der Waals surface area contributed by atoms with E-state index in [1.165, 1.54) is 6.42 Å². The number of carbonyl (C=O) groups is 3.